The van der Waals surface area contributed by atoms with Crippen molar-refractivity contribution in [3.8, 4) is 5.75 Å². The van der Waals surface area contributed by atoms with E-state index in [1.807, 2.05) is 0 Å². The Morgan fingerprint density at radius 3 is 2.80 bits per heavy atom. The summed E-state index contributed by atoms with van der Waals surface area (Å²) in [7, 11) is 0. The molecule has 0 aliphatic carbocycles. The van der Waals surface area contributed by atoms with Crippen LogP contribution in [0.4, 0.5) is 0 Å². The summed E-state index contributed by atoms with van der Waals surface area (Å²) < 4.78 is 5.58. The summed E-state index contributed by atoms with van der Waals surface area (Å²) in [6.45, 7) is 2.94. The minimum Gasteiger partial charge on any atom is -0.481 e. The number of carbonyl (C=O) groups excluding carboxylic acids is 2. The van der Waals surface area contributed by atoms with Gasteiger partial charge >= 0.3 is 0 Å². The second-order valence-corrected chi connectivity index (χ2v) is 5.11. The van der Waals surface area contributed by atoms with Crippen molar-refractivity contribution in [2.45, 2.75) is 19.4 Å². The highest BCUT2D eigenvalue weighted by atomic mass is 35.5. The van der Waals surface area contributed by atoms with Gasteiger partial charge in [0.05, 0.1) is 6.54 Å². The monoisotopic (exact) mass is 296 g/mol. The molecular weight excluding hydrogens is 280 g/mol. The van der Waals surface area contributed by atoms with Gasteiger partial charge in [0.1, 0.15) is 5.75 Å². The Bertz CT molecular complexity index is 490. The molecule has 0 aromatic heterocycles. The number of rotatable bonds is 3. The van der Waals surface area contributed by atoms with Crippen molar-refractivity contribution in [3.63, 3.8) is 0 Å². The molecule has 0 bridgehead atoms. The van der Waals surface area contributed by atoms with Gasteiger partial charge in [-0.15, -0.1) is 0 Å². The van der Waals surface area contributed by atoms with Crippen molar-refractivity contribution in [1.29, 1.82) is 0 Å². The molecule has 1 unspecified atom stereocenters. The molecule has 1 aliphatic heterocycles. The Kier molecular flexibility index (Phi) is 4.84. The van der Waals surface area contributed by atoms with Crippen molar-refractivity contribution >= 4 is 23.4 Å². The highest BCUT2D eigenvalue weighted by molar-refractivity contribution is 6.30. The zero-order valence-electron chi connectivity index (χ0n) is 11.3. The lowest BCUT2D eigenvalue weighted by Crippen LogP contribution is -2.43. The van der Waals surface area contributed by atoms with Gasteiger partial charge in [-0.05, 0) is 37.6 Å². The normalized spacial score (nSPS) is 17.1. The first-order chi connectivity index (χ1) is 9.56. The Hall–Kier alpha value is -1.75. The molecule has 108 valence electrons. The Morgan fingerprint density at radius 1 is 1.40 bits per heavy atom. The average Bonchev–Trinajstić information content (AvgIpc) is 2.65. The van der Waals surface area contributed by atoms with Gasteiger partial charge in [-0.1, -0.05) is 11.6 Å². The van der Waals surface area contributed by atoms with Crippen LogP contribution in [0.1, 0.15) is 13.3 Å². The molecule has 20 heavy (non-hydrogen) atoms. The summed E-state index contributed by atoms with van der Waals surface area (Å²) >= 11 is 5.79. The van der Waals surface area contributed by atoms with E-state index >= 15 is 0 Å². The molecule has 1 atom stereocenters. The molecule has 6 heteroatoms. The third-order valence-electron chi connectivity index (χ3n) is 3.05. The molecule has 1 heterocycles. The first kappa shape index (κ1) is 14.7. The number of nitrogens with one attached hydrogen (secondary N) is 1. The quantitative estimate of drug-likeness (QED) is 0.918. The lowest BCUT2D eigenvalue weighted by molar-refractivity contribution is -0.140. The molecule has 0 saturated carbocycles. The van der Waals surface area contributed by atoms with E-state index in [9.17, 15) is 9.59 Å². The molecule has 1 saturated heterocycles. The van der Waals surface area contributed by atoms with Crippen molar-refractivity contribution in [1.82, 2.24) is 10.2 Å². The van der Waals surface area contributed by atoms with Gasteiger partial charge in [0.15, 0.2) is 6.10 Å². The summed E-state index contributed by atoms with van der Waals surface area (Å²) in [5, 5.41) is 3.35. The first-order valence-corrected chi connectivity index (χ1v) is 6.92. The van der Waals surface area contributed by atoms with Crippen LogP contribution in [0, 0.1) is 0 Å². The fourth-order valence-electron chi connectivity index (χ4n) is 2.02. The highest BCUT2D eigenvalue weighted by Crippen LogP contribution is 2.17. The van der Waals surface area contributed by atoms with Crippen LogP contribution in [-0.2, 0) is 9.59 Å². The number of amides is 2. The molecule has 0 spiro atoms. The van der Waals surface area contributed by atoms with E-state index in [-0.39, 0.29) is 18.4 Å². The van der Waals surface area contributed by atoms with Gasteiger partial charge in [-0.25, -0.2) is 0 Å². The fraction of sp³-hybridized carbons (Fsp3) is 0.429. The van der Waals surface area contributed by atoms with Crippen molar-refractivity contribution in [3.05, 3.63) is 29.3 Å². The van der Waals surface area contributed by atoms with Crippen LogP contribution in [-0.4, -0.2) is 42.5 Å². The number of benzene rings is 1. The highest BCUT2D eigenvalue weighted by Gasteiger charge is 2.25. The van der Waals surface area contributed by atoms with Crippen LogP contribution in [0.2, 0.25) is 5.02 Å². The lowest BCUT2D eigenvalue weighted by atomic mass is 10.3. The molecule has 1 N–H and O–H groups in total. The van der Waals surface area contributed by atoms with Gasteiger partial charge < -0.3 is 15.0 Å². The number of halogens is 1. The maximum Gasteiger partial charge on any atom is 0.263 e. The third kappa shape index (κ3) is 3.87. The zero-order chi connectivity index (χ0) is 14.5. The summed E-state index contributed by atoms with van der Waals surface area (Å²) in [6, 6.07) is 6.82. The maximum atomic E-state index is 12.3. The topological polar surface area (TPSA) is 58.6 Å². The predicted octanol–water partition coefficient (Wildman–Crippen LogP) is 1.46. The predicted molar refractivity (Wildman–Crippen MR) is 75.7 cm³/mol. The molecule has 0 radical (unpaired) electrons. The van der Waals surface area contributed by atoms with Crippen LogP contribution in [0.5, 0.6) is 5.75 Å². The van der Waals surface area contributed by atoms with E-state index in [4.69, 9.17) is 16.3 Å². The van der Waals surface area contributed by atoms with E-state index in [2.05, 4.69) is 5.32 Å². The molecular formula is C14H17ClN2O3. The minimum atomic E-state index is -0.637. The Balaban J connectivity index is 1.97. The number of carbonyl (C=O) groups is 2. The molecule has 2 amide bonds. The number of hydrogen-bond acceptors (Lipinski definition) is 3. The van der Waals surface area contributed by atoms with E-state index in [0.29, 0.717) is 23.9 Å². The van der Waals surface area contributed by atoms with E-state index in [0.717, 1.165) is 6.42 Å². The SMILES string of the molecule is CC(Oc1ccc(Cl)cc1)C(=O)N1CCCNC(=O)C1. The average molecular weight is 297 g/mol. The van der Waals surface area contributed by atoms with Crippen LogP contribution >= 0.6 is 11.6 Å². The van der Waals surface area contributed by atoms with Gasteiger partial charge in [-0.3, -0.25) is 9.59 Å². The molecule has 1 aromatic rings. The molecule has 1 fully saturated rings. The maximum absolute atomic E-state index is 12.3. The van der Waals surface area contributed by atoms with E-state index in [1.54, 1.807) is 31.2 Å². The van der Waals surface area contributed by atoms with Crippen LogP contribution in [0.3, 0.4) is 0 Å². The standard InChI is InChI=1S/C14H17ClN2O3/c1-10(20-12-5-3-11(15)4-6-12)14(19)17-8-2-7-16-13(18)9-17/h3-6,10H,2,7-9H2,1H3,(H,16,18). The molecule has 2 rings (SSSR count). The number of hydrogen-bond donors (Lipinski definition) is 1. The smallest absolute Gasteiger partial charge is 0.263 e. The summed E-state index contributed by atoms with van der Waals surface area (Å²) in [4.78, 5) is 25.2. The van der Waals surface area contributed by atoms with Gasteiger partial charge in [0, 0.05) is 18.1 Å². The Labute approximate surface area is 122 Å². The van der Waals surface area contributed by atoms with Crippen LogP contribution in [0.25, 0.3) is 0 Å². The van der Waals surface area contributed by atoms with Gasteiger partial charge in [-0.2, -0.15) is 0 Å². The van der Waals surface area contributed by atoms with E-state index < -0.39 is 6.10 Å². The number of nitrogens with zero attached hydrogens (tertiary/aromatic N) is 1. The molecule has 5 nitrogen and oxygen atoms in total. The molecule has 1 aromatic carbocycles. The number of ether oxygens (including phenoxy) is 1. The lowest BCUT2D eigenvalue weighted by Gasteiger charge is -2.23. The van der Waals surface area contributed by atoms with Crippen LogP contribution < -0.4 is 10.1 Å². The first-order valence-electron chi connectivity index (χ1n) is 6.54. The fourth-order valence-corrected chi connectivity index (χ4v) is 2.14. The summed E-state index contributed by atoms with van der Waals surface area (Å²) in [5.74, 6) is 0.265. The summed E-state index contributed by atoms with van der Waals surface area (Å²) in [6.07, 6.45) is 0.118. The van der Waals surface area contributed by atoms with Crippen molar-refractivity contribution in [2.75, 3.05) is 19.6 Å². The summed E-state index contributed by atoms with van der Waals surface area (Å²) in [5.41, 5.74) is 0. The third-order valence-corrected chi connectivity index (χ3v) is 3.30. The van der Waals surface area contributed by atoms with Crippen molar-refractivity contribution in [2.24, 2.45) is 0 Å². The molecule has 1 aliphatic rings. The van der Waals surface area contributed by atoms with Crippen LogP contribution in [0.15, 0.2) is 24.3 Å². The largest absolute Gasteiger partial charge is 0.481 e. The zero-order valence-corrected chi connectivity index (χ0v) is 12.0. The second-order valence-electron chi connectivity index (χ2n) is 4.68. The Morgan fingerprint density at radius 2 is 2.10 bits per heavy atom. The van der Waals surface area contributed by atoms with Gasteiger partial charge in [0.25, 0.3) is 5.91 Å². The van der Waals surface area contributed by atoms with Gasteiger partial charge in [0.2, 0.25) is 5.91 Å². The van der Waals surface area contributed by atoms with E-state index in [1.165, 1.54) is 4.90 Å². The van der Waals surface area contributed by atoms with Crippen molar-refractivity contribution < 1.29 is 14.3 Å². The minimum absolute atomic E-state index is 0.0904. The second kappa shape index (κ2) is 6.61.